The van der Waals surface area contributed by atoms with Gasteiger partial charge in [0.15, 0.2) is 0 Å². The Kier molecular flexibility index (Phi) is 3.52. The van der Waals surface area contributed by atoms with Crippen LogP contribution in [0.2, 0.25) is 0 Å². The molecule has 2 heteroatoms. The monoisotopic (exact) mass is 180 g/mol. The number of hydrogen-bond donors (Lipinski definition) is 0. The van der Waals surface area contributed by atoms with Gasteiger partial charge < -0.3 is 4.57 Å². The molecule has 0 saturated carbocycles. The predicted molar refractivity (Wildman–Crippen MR) is 55.8 cm³/mol. The molecule has 2 nitrogen and oxygen atoms in total. The Hall–Kier alpha value is -0.790. The first-order valence-electron chi connectivity index (χ1n) is 5.28. The van der Waals surface area contributed by atoms with Crippen molar-refractivity contribution >= 4 is 0 Å². The summed E-state index contributed by atoms with van der Waals surface area (Å²) < 4.78 is 2.30. The van der Waals surface area contributed by atoms with Crippen molar-refractivity contribution in [3.8, 4) is 0 Å². The van der Waals surface area contributed by atoms with Gasteiger partial charge in [0.05, 0.1) is 5.69 Å². The summed E-state index contributed by atoms with van der Waals surface area (Å²) in [7, 11) is 0. The van der Waals surface area contributed by atoms with Crippen LogP contribution < -0.4 is 0 Å². The fraction of sp³-hybridized carbons (Fsp3) is 0.727. The molecule has 1 aromatic rings. The van der Waals surface area contributed by atoms with E-state index >= 15 is 0 Å². The van der Waals surface area contributed by atoms with E-state index in [0.29, 0.717) is 0 Å². The topological polar surface area (TPSA) is 17.8 Å². The first-order valence-corrected chi connectivity index (χ1v) is 5.28. The smallest absolute Gasteiger partial charge is 0.108 e. The molecule has 0 amide bonds. The van der Waals surface area contributed by atoms with Gasteiger partial charge in [0.1, 0.15) is 5.82 Å². The van der Waals surface area contributed by atoms with Crippen LogP contribution in [0.5, 0.6) is 0 Å². The molecule has 0 fully saturated rings. The fourth-order valence-electron chi connectivity index (χ4n) is 1.76. The summed E-state index contributed by atoms with van der Waals surface area (Å²) in [6.07, 6.45) is 4.62. The summed E-state index contributed by atoms with van der Waals surface area (Å²) in [5, 5.41) is 0. The van der Waals surface area contributed by atoms with Crippen molar-refractivity contribution in [2.24, 2.45) is 5.92 Å². The average Bonchev–Trinajstić information content (AvgIpc) is 2.48. The highest BCUT2D eigenvalue weighted by molar-refractivity contribution is 5.04. The zero-order valence-electron chi connectivity index (χ0n) is 9.17. The van der Waals surface area contributed by atoms with Gasteiger partial charge >= 0.3 is 0 Å². The maximum Gasteiger partial charge on any atom is 0.108 e. The highest BCUT2D eigenvalue weighted by Gasteiger charge is 2.15. The Morgan fingerprint density at radius 3 is 2.85 bits per heavy atom. The van der Waals surface area contributed by atoms with E-state index < -0.39 is 0 Å². The molecule has 1 aliphatic rings. The zero-order valence-corrected chi connectivity index (χ0v) is 9.17. The third-order valence-corrected chi connectivity index (χ3v) is 2.35. The van der Waals surface area contributed by atoms with Crippen LogP contribution in [-0.2, 0) is 13.0 Å². The van der Waals surface area contributed by atoms with Crippen LogP contribution in [0.25, 0.3) is 0 Å². The van der Waals surface area contributed by atoms with Gasteiger partial charge in [-0.1, -0.05) is 20.8 Å². The molecule has 0 saturated heterocycles. The minimum Gasteiger partial charge on any atom is -0.334 e. The lowest BCUT2D eigenvalue weighted by atomic mass is 10.0. The molecular weight excluding hydrogens is 160 g/mol. The summed E-state index contributed by atoms with van der Waals surface area (Å²) in [6.45, 7) is 9.53. The van der Waals surface area contributed by atoms with Crippen molar-refractivity contribution in [1.29, 1.82) is 0 Å². The molecule has 0 radical (unpaired) electrons. The molecule has 1 aliphatic heterocycles. The Bertz CT molecular complexity index is 263. The van der Waals surface area contributed by atoms with Crippen LogP contribution in [0, 0.1) is 12.8 Å². The van der Waals surface area contributed by atoms with Crippen molar-refractivity contribution < 1.29 is 0 Å². The van der Waals surface area contributed by atoms with Crippen molar-refractivity contribution in [3.05, 3.63) is 17.7 Å². The number of hydrogen-bond acceptors (Lipinski definition) is 1. The van der Waals surface area contributed by atoms with E-state index in [1.54, 1.807) is 0 Å². The SMILES string of the molecule is CC.Cc1cn2c(n1)CCC(C)C2. The molecule has 0 N–H and O–H groups in total. The highest BCUT2D eigenvalue weighted by Crippen LogP contribution is 2.18. The zero-order chi connectivity index (χ0) is 9.84. The van der Waals surface area contributed by atoms with Crippen molar-refractivity contribution in [3.63, 3.8) is 0 Å². The van der Waals surface area contributed by atoms with Gasteiger partial charge in [-0.25, -0.2) is 4.98 Å². The summed E-state index contributed by atoms with van der Waals surface area (Å²) in [5.74, 6) is 2.11. The molecule has 0 aliphatic carbocycles. The second-order valence-corrected chi connectivity index (χ2v) is 3.59. The Morgan fingerprint density at radius 2 is 2.15 bits per heavy atom. The lowest BCUT2D eigenvalue weighted by molar-refractivity contribution is 0.394. The van der Waals surface area contributed by atoms with E-state index in [0.717, 1.165) is 24.6 Å². The number of rotatable bonds is 0. The molecule has 0 aromatic carbocycles. The lowest BCUT2D eigenvalue weighted by Crippen LogP contribution is -2.17. The van der Waals surface area contributed by atoms with E-state index in [9.17, 15) is 0 Å². The number of imidazole rings is 1. The van der Waals surface area contributed by atoms with Gasteiger partial charge in [-0.3, -0.25) is 0 Å². The maximum absolute atomic E-state index is 4.45. The summed E-state index contributed by atoms with van der Waals surface area (Å²) in [6, 6.07) is 0. The summed E-state index contributed by atoms with van der Waals surface area (Å²) >= 11 is 0. The van der Waals surface area contributed by atoms with Gasteiger partial charge in [0.25, 0.3) is 0 Å². The molecule has 13 heavy (non-hydrogen) atoms. The highest BCUT2D eigenvalue weighted by atomic mass is 15.1. The Morgan fingerprint density at radius 1 is 1.46 bits per heavy atom. The number of nitrogens with zero attached hydrogens (tertiary/aromatic N) is 2. The molecule has 1 aromatic heterocycles. The summed E-state index contributed by atoms with van der Waals surface area (Å²) in [5.41, 5.74) is 1.16. The first kappa shape index (κ1) is 10.3. The quantitative estimate of drug-likeness (QED) is 0.600. The number of aromatic nitrogens is 2. The van der Waals surface area contributed by atoms with Crippen LogP contribution in [0.1, 0.15) is 38.7 Å². The van der Waals surface area contributed by atoms with E-state index in [-0.39, 0.29) is 0 Å². The molecule has 1 atom stereocenters. The van der Waals surface area contributed by atoms with Crippen molar-refractivity contribution in [2.75, 3.05) is 0 Å². The molecule has 1 unspecified atom stereocenters. The predicted octanol–water partition coefficient (Wildman–Crippen LogP) is 2.80. The molecule has 74 valence electrons. The van der Waals surface area contributed by atoms with Gasteiger partial charge in [-0.15, -0.1) is 0 Å². The van der Waals surface area contributed by atoms with Crippen LogP contribution in [0.4, 0.5) is 0 Å². The molecule has 2 heterocycles. The maximum atomic E-state index is 4.45. The molecular formula is C11H20N2. The van der Waals surface area contributed by atoms with E-state index in [2.05, 4.69) is 29.6 Å². The second kappa shape index (κ2) is 4.45. The van der Waals surface area contributed by atoms with E-state index in [4.69, 9.17) is 0 Å². The third-order valence-electron chi connectivity index (χ3n) is 2.35. The lowest BCUT2D eigenvalue weighted by Gasteiger charge is -2.19. The van der Waals surface area contributed by atoms with Gasteiger partial charge in [0.2, 0.25) is 0 Å². The normalized spacial score (nSPS) is 20.2. The van der Waals surface area contributed by atoms with E-state index in [1.807, 2.05) is 13.8 Å². The van der Waals surface area contributed by atoms with E-state index in [1.165, 1.54) is 12.2 Å². The van der Waals surface area contributed by atoms with Gasteiger partial charge in [-0.2, -0.15) is 0 Å². The average molecular weight is 180 g/mol. The third kappa shape index (κ3) is 2.33. The largest absolute Gasteiger partial charge is 0.334 e. The van der Waals surface area contributed by atoms with Crippen molar-refractivity contribution in [1.82, 2.24) is 9.55 Å². The van der Waals surface area contributed by atoms with Crippen molar-refractivity contribution in [2.45, 2.75) is 47.1 Å². The minimum absolute atomic E-state index is 0.830. The molecule has 0 spiro atoms. The van der Waals surface area contributed by atoms with Crippen LogP contribution in [0.15, 0.2) is 6.20 Å². The fourth-order valence-corrected chi connectivity index (χ4v) is 1.76. The first-order chi connectivity index (χ1) is 6.25. The van der Waals surface area contributed by atoms with Crippen LogP contribution >= 0.6 is 0 Å². The number of aryl methyl sites for hydroxylation is 2. The molecule has 0 bridgehead atoms. The minimum atomic E-state index is 0.830. The molecule has 2 rings (SSSR count). The van der Waals surface area contributed by atoms with Crippen LogP contribution in [-0.4, -0.2) is 9.55 Å². The Labute approximate surface area is 81.0 Å². The van der Waals surface area contributed by atoms with Gasteiger partial charge in [0, 0.05) is 19.2 Å². The Balaban J connectivity index is 0.000000396. The summed E-state index contributed by atoms with van der Waals surface area (Å²) in [4.78, 5) is 4.45. The standard InChI is InChI=1S/C9H14N2.C2H6/c1-7-3-4-9-10-8(2)6-11(9)5-7;1-2/h6-7H,3-5H2,1-2H3;1-2H3. The van der Waals surface area contributed by atoms with Gasteiger partial charge in [-0.05, 0) is 19.3 Å². The second-order valence-electron chi connectivity index (χ2n) is 3.59. The number of fused-ring (bicyclic) bond motifs is 1. The van der Waals surface area contributed by atoms with Crippen LogP contribution in [0.3, 0.4) is 0 Å².